The topological polar surface area (TPSA) is 55.0 Å². The van der Waals surface area contributed by atoms with E-state index in [1.807, 2.05) is 0 Å². The summed E-state index contributed by atoms with van der Waals surface area (Å²) in [6.45, 7) is 0. The van der Waals surface area contributed by atoms with Crippen LogP contribution in [-0.4, -0.2) is 23.1 Å². The number of anilines is 2. The molecule has 1 aliphatic carbocycles. The molecule has 1 saturated carbocycles. The zero-order valence-electron chi connectivity index (χ0n) is 10.7. The first-order valence-corrected chi connectivity index (χ1v) is 6.32. The van der Waals surface area contributed by atoms with E-state index in [9.17, 15) is 13.2 Å². The number of nitrogen functional groups attached to an aromatic ring is 1. The molecule has 7 heteroatoms. The minimum absolute atomic E-state index is 0.226. The van der Waals surface area contributed by atoms with Gasteiger partial charge in [0.2, 0.25) is 5.95 Å². The number of nitrogens with zero attached hydrogens (tertiary/aromatic N) is 3. The quantitative estimate of drug-likeness (QED) is 0.901. The lowest BCUT2D eigenvalue weighted by molar-refractivity contribution is -0.141. The van der Waals surface area contributed by atoms with Gasteiger partial charge >= 0.3 is 6.18 Å². The van der Waals surface area contributed by atoms with E-state index >= 15 is 0 Å². The van der Waals surface area contributed by atoms with Gasteiger partial charge in [-0.25, -0.2) is 4.98 Å². The van der Waals surface area contributed by atoms with Crippen LogP contribution in [0, 0.1) is 0 Å². The second-order valence-electron chi connectivity index (χ2n) is 4.87. The predicted molar refractivity (Wildman–Crippen MR) is 66.7 cm³/mol. The molecule has 1 aromatic rings. The first-order valence-electron chi connectivity index (χ1n) is 6.32. The van der Waals surface area contributed by atoms with Gasteiger partial charge < -0.3 is 10.6 Å². The zero-order chi connectivity index (χ0) is 14.0. The number of alkyl halides is 3. The largest absolute Gasteiger partial charge is 0.433 e. The van der Waals surface area contributed by atoms with Gasteiger partial charge in [0.05, 0.1) is 0 Å². The van der Waals surface area contributed by atoms with Crippen LogP contribution in [0.25, 0.3) is 0 Å². The highest BCUT2D eigenvalue weighted by atomic mass is 19.4. The standard InChI is InChI=1S/C12H17F3N4/c1-19(8-5-3-2-4-6-8)10-7-9(12(13,14)15)17-11(16)18-10/h7-8H,2-6H2,1H3,(H2,16,17,18). The van der Waals surface area contributed by atoms with Crippen molar-refractivity contribution in [3.63, 3.8) is 0 Å². The van der Waals surface area contributed by atoms with Crippen molar-refractivity contribution in [2.24, 2.45) is 0 Å². The molecular weight excluding hydrogens is 257 g/mol. The lowest BCUT2D eigenvalue weighted by atomic mass is 9.94. The summed E-state index contributed by atoms with van der Waals surface area (Å²) < 4.78 is 38.1. The Kier molecular flexibility index (Phi) is 3.82. The second-order valence-corrected chi connectivity index (χ2v) is 4.87. The predicted octanol–water partition coefficient (Wildman–Crippen LogP) is 2.85. The normalized spacial score (nSPS) is 17.5. The summed E-state index contributed by atoms with van der Waals surface area (Å²) in [5.41, 5.74) is 4.39. The van der Waals surface area contributed by atoms with Crippen LogP contribution in [0.1, 0.15) is 37.8 Å². The molecule has 0 aliphatic heterocycles. The number of hydrogen-bond acceptors (Lipinski definition) is 4. The molecule has 19 heavy (non-hydrogen) atoms. The van der Waals surface area contributed by atoms with Crippen LogP contribution >= 0.6 is 0 Å². The lowest BCUT2D eigenvalue weighted by Gasteiger charge is -2.32. The molecule has 0 saturated heterocycles. The summed E-state index contributed by atoms with van der Waals surface area (Å²) in [5, 5.41) is 0. The van der Waals surface area contributed by atoms with Crippen molar-refractivity contribution in [2.45, 2.75) is 44.3 Å². The van der Waals surface area contributed by atoms with Gasteiger partial charge in [-0.3, -0.25) is 0 Å². The highest BCUT2D eigenvalue weighted by Gasteiger charge is 2.34. The average Bonchev–Trinajstić information content (AvgIpc) is 2.37. The van der Waals surface area contributed by atoms with E-state index in [-0.39, 0.29) is 17.8 Å². The molecule has 0 unspecified atom stereocenters. The SMILES string of the molecule is CN(c1cc(C(F)(F)F)nc(N)n1)C1CCCCC1. The molecule has 2 N–H and O–H groups in total. The van der Waals surface area contributed by atoms with Gasteiger partial charge in [0.25, 0.3) is 0 Å². The van der Waals surface area contributed by atoms with Crippen LogP contribution in [0.2, 0.25) is 0 Å². The van der Waals surface area contributed by atoms with Crippen LogP contribution in [-0.2, 0) is 6.18 Å². The summed E-state index contributed by atoms with van der Waals surface area (Å²) in [6.07, 6.45) is 0.830. The van der Waals surface area contributed by atoms with Gasteiger partial charge in [0.1, 0.15) is 5.82 Å². The van der Waals surface area contributed by atoms with Crippen LogP contribution in [0.5, 0.6) is 0 Å². The average molecular weight is 274 g/mol. The smallest absolute Gasteiger partial charge is 0.368 e. The Morgan fingerprint density at radius 3 is 2.42 bits per heavy atom. The van der Waals surface area contributed by atoms with Crippen LogP contribution in [0.15, 0.2) is 6.07 Å². The third-order valence-corrected chi connectivity index (χ3v) is 3.50. The van der Waals surface area contributed by atoms with Crippen molar-refractivity contribution in [1.82, 2.24) is 9.97 Å². The molecule has 2 rings (SSSR count). The molecule has 0 bridgehead atoms. The Balaban J connectivity index is 2.26. The minimum atomic E-state index is -4.50. The Morgan fingerprint density at radius 1 is 1.21 bits per heavy atom. The molecule has 0 radical (unpaired) electrons. The van der Waals surface area contributed by atoms with Crippen LogP contribution < -0.4 is 10.6 Å². The first-order chi connectivity index (χ1) is 8.88. The Labute approximate surface area is 109 Å². The third-order valence-electron chi connectivity index (χ3n) is 3.50. The summed E-state index contributed by atoms with van der Waals surface area (Å²) in [6, 6.07) is 1.19. The van der Waals surface area contributed by atoms with Crippen molar-refractivity contribution in [3.8, 4) is 0 Å². The number of hydrogen-bond donors (Lipinski definition) is 1. The van der Waals surface area contributed by atoms with Crippen molar-refractivity contribution in [1.29, 1.82) is 0 Å². The Hall–Kier alpha value is -1.53. The van der Waals surface area contributed by atoms with Crippen LogP contribution in [0.4, 0.5) is 24.9 Å². The number of halogens is 3. The van der Waals surface area contributed by atoms with E-state index in [1.54, 1.807) is 11.9 Å². The molecule has 0 spiro atoms. The second kappa shape index (κ2) is 5.22. The molecule has 4 nitrogen and oxygen atoms in total. The summed E-state index contributed by atoms with van der Waals surface area (Å²) in [5.74, 6) is -0.0980. The summed E-state index contributed by atoms with van der Waals surface area (Å²) in [7, 11) is 1.76. The highest BCUT2D eigenvalue weighted by molar-refractivity contribution is 5.44. The van der Waals surface area contributed by atoms with Gasteiger partial charge in [0, 0.05) is 19.2 Å². The molecule has 0 amide bonds. The molecule has 0 aromatic carbocycles. The number of aromatic nitrogens is 2. The monoisotopic (exact) mass is 274 g/mol. The maximum atomic E-state index is 12.7. The maximum Gasteiger partial charge on any atom is 0.433 e. The molecule has 106 valence electrons. The van der Waals surface area contributed by atoms with E-state index in [0.717, 1.165) is 31.7 Å². The third kappa shape index (κ3) is 3.27. The molecule has 1 aromatic heterocycles. The van der Waals surface area contributed by atoms with E-state index in [1.165, 1.54) is 6.42 Å². The fourth-order valence-electron chi connectivity index (χ4n) is 2.43. The van der Waals surface area contributed by atoms with E-state index < -0.39 is 11.9 Å². The summed E-state index contributed by atoms with van der Waals surface area (Å²) in [4.78, 5) is 8.95. The van der Waals surface area contributed by atoms with Gasteiger partial charge in [-0.2, -0.15) is 18.2 Å². The van der Waals surface area contributed by atoms with Gasteiger partial charge in [-0.1, -0.05) is 19.3 Å². The molecule has 1 aliphatic rings. The molecular formula is C12H17F3N4. The molecule has 1 fully saturated rings. The first kappa shape index (κ1) is 13.9. The van der Waals surface area contributed by atoms with Gasteiger partial charge in [-0.15, -0.1) is 0 Å². The fourth-order valence-corrected chi connectivity index (χ4v) is 2.43. The van der Waals surface area contributed by atoms with Crippen molar-refractivity contribution >= 4 is 11.8 Å². The van der Waals surface area contributed by atoms with E-state index in [4.69, 9.17) is 5.73 Å². The minimum Gasteiger partial charge on any atom is -0.368 e. The maximum absolute atomic E-state index is 12.7. The molecule has 0 atom stereocenters. The lowest BCUT2D eigenvalue weighted by Crippen LogP contribution is -2.34. The van der Waals surface area contributed by atoms with Crippen molar-refractivity contribution in [3.05, 3.63) is 11.8 Å². The fraction of sp³-hybridized carbons (Fsp3) is 0.667. The van der Waals surface area contributed by atoms with Gasteiger partial charge in [0.15, 0.2) is 5.69 Å². The highest BCUT2D eigenvalue weighted by Crippen LogP contribution is 2.31. The van der Waals surface area contributed by atoms with E-state index in [2.05, 4.69) is 9.97 Å². The van der Waals surface area contributed by atoms with Crippen molar-refractivity contribution < 1.29 is 13.2 Å². The van der Waals surface area contributed by atoms with Gasteiger partial charge in [-0.05, 0) is 12.8 Å². The zero-order valence-corrected chi connectivity index (χ0v) is 10.7. The number of rotatable bonds is 2. The Bertz CT molecular complexity index is 441. The molecule has 1 heterocycles. The summed E-state index contributed by atoms with van der Waals surface area (Å²) >= 11 is 0. The Morgan fingerprint density at radius 2 is 1.84 bits per heavy atom. The van der Waals surface area contributed by atoms with Crippen molar-refractivity contribution in [2.75, 3.05) is 17.7 Å². The van der Waals surface area contributed by atoms with Crippen LogP contribution in [0.3, 0.4) is 0 Å². The van der Waals surface area contributed by atoms with E-state index in [0.29, 0.717) is 0 Å². The number of nitrogens with two attached hydrogens (primary N) is 1.